The Morgan fingerprint density at radius 3 is 2.65 bits per heavy atom. The molecule has 1 heterocycles. The average molecular weight is 272 g/mol. The molecule has 0 aliphatic heterocycles. The van der Waals surface area contributed by atoms with E-state index in [4.69, 9.17) is 0 Å². The van der Waals surface area contributed by atoms with E-state index in [2.05, 4.69) is 60.4 Å². The maximum atomic E-state index is 4.07. The molecule has 0 bridgehead atoms. The molecule has 0 fully saturated rings. The van der Waals surface area contributed by atoms with Crippen LogP contribution in [0.25, 0.3) is 5.69 Å². The van der Waals surface area contributed by atoms with E-state index in [1.807, 2.05) is 17.1 Å². The molecule has 0 saturated heterocycles. The van der Waals surface area contributed by atoms with Gasteiger partial charge in [-0.25, -0.2) is 4.98 Å². The van der Waals surface area contributed by atoms with Crippen molar-refractivity contribution in [3.05, 3.63) is 48.5 Å². The number of aromatic nitrogens is 2. The zero-order valence-corrected chi connectivity index (χ0v) is 12.6. The molecule has 4 nitrogen and oxygen atoms in total. The molecular formula is C16H24N4. The van der Waals surface area contributed by atoms with Crippen molar-refractivity contribution in [1.82, 2.24) is 19.8 Å². The van der Waals surface area contributed by atoms with Gasteiger partial charge in [0.05, 0.1) is 6.33 Å². The third kappa shape index (κ3) is 3.92. The Morgan fingerprint density at radius 1 is 1.30 bits per heavy atom. The van der Waals surface area contributed by atoms with E-state index in [-0.39, 0.29) is 0 Å². The number of likely N-dealkylation sites (N-methyl/N-ethyl adjacent to an activating group) is 1. The summed E-state index contributed by atoms with van der Waals surface area (Å²) in [6.07, 6.45) is 5.57. The van der Waals surface area contributed by atoms with Gasteiger partial charge in [0.25, 0.3) is 0 Å². The number of nitrogens with one attached hydrogen (secondary N) is 1. The summed E-state index contributed by atoms with van der Waals surface area (Å²) in [4.78, 5) is 6.37. The minimum atomic E-state index is 0.372. The number of imidazole rings is 1. The van der Waals surface area contributed by atoms with Crippen LogP contribution in [0.3, 0.4) is 0 Å². The monoisotopic (exact) mass is 272 g/mol. The number of rotatable bonds is 7. The van der Waals surface area contributed by atoms with Gasteiger partial charge in [0.1, 0.15) is 0 Å². The van der Waals surface area contributed by atoms with Crippen LogP contribution in [0.15, 0.2) is 43.0 Å². The Morgan fingerprint density at radius 2 is 2.05 bits per heavy atom. The van der Waals surface area contributed by atoms with Crippen molar-refractivity contribution in [2.75, 3.05) is 26.7 Å². The highest BCUT2D eigenvalue weighted by Gasteiger charge is 2.05. The Hall–Kier alpha value is -1.65. The molecule has 2 aromatic rings. The maximum Gasteiger partial charge on any atom is 0.0991 e. The number of hydrogen-bond donors (Lipinski definition) is 1. The summed E-state index contributed by atoms with van der Waals surface area (Å²) in [5, 5.41) is 3.56. The van der Waals surface area contributed by atoms with Gasteiger partial charge in [-0.15, -0.1) is 0 Å². The number of nitrogens with zero attached hydrogens (tertiary/aromatic N) is 3. The van der Waals surface area contributed by atoms with Crippen molar-refractivity contribution < 1.29 is 0 Å². The normalized spacial score (nSPS) is 12.8. The second-order valence-corrected chi connectivity index (χ2v) is 5.13. The lowest BCUT2D eigenvalue weighted by Gasteiger charge is -2.18. The first-order valence-electron chi connectivity index (χ1n) is 7.21. The van der Waals surface area contributed by atoms with Crippen molar-refractivity contribution in [1.29, 1.82) is 0 Å². The van der Waals surface area contributed by atoms with Crippen molar-refractivity contribution in [2.45, 2.75) is 19.9 Å². The first-order valence-corrected chi connectivity index (χ1v) is 7.21. The summed E-state index contributed by atoms with van der Waals surface area (Å²) in [7, 11) is 2.15. The molecule has 0 saturated carbocycles. The molecule has 0 amide bonds. The van der Waals surface area contributed by atoms with Crippen LogP contribution in [0, 0.1) is 0 Å². The predicted molar refractivity (Wildman–Crippen MR) is 83.2 cm³/mol. The summed E-state index contributed by atoms with van der Waals surface area (Å²) in [5.74, 6) is 0. The molecule has 2 rings (SSSR count). The largest absolute Gasteiger partial charge is 0.309 e. The Bertz CT molecular complexity index is 490. The van der Waals surface area contributed by atoms with Crippen LogP contribution in [0.4, 0.5) is 0 Å². The van der Waals surface area contributed by atoms with Crippen LogP contribution in [0.2, 0.25) is 0 Å². The average Bonchev–Trinajstić information content (AvgIpc) is 3.01. The third-order valence-electron chi connectivity index (χ3n) is 3.68. The molecule has 1 aromatic heterocycles. The quantitative estimate of drug-likeness (QED) is 0.840. The van der Waals surface area contributed by atoms with E-state index in [9.17, 15) is 0 Å². The topological polar surface area (TPSA) is 33.1 Å². The third-order valence-corrected chi connectivity index (χ3v) is 3.68. The van der Waals surface area contributed by atoms with Gasteiger partial charge in [0.15, 0.2) is 0 Å². The maximum absolute atomic E-state index is 4.07. The summed E-state index contributed by atoms with van der Waals surface area (Å²) < 4.78 is 2.01. The smallest absolute Gasteiger partial charge is 0.0991 e. The zero-order valence-electron chi connectivity index (χ0n) is 12.6. The minimum Gasteiger partial charge on any atom is -0.309 e. The lowest BCUT2D eigenvalue weighted by atomic mass is 10.1. The summed E-state index contributed by atoms with van der Waals surface area (Å²) >= 11 is 0. The zero-order chi connectivity index (χ0) is 14.4. The van der Waals surface area contributed by atoms with Gasteiger partial charge in [-0.3, -0.25) is 0 Å². The first-order chi connectivity index (χ1) is 9.70. The van der Waals surface area contributed by atoms with E-state index in [0.29, 0.717) is 6.04 Å². The standard InChI is InChI=1S/C16H24N4/c1-4-19(3)11-10-18-14(2)15-5-7-16(8-6-15)20-12-9-17-13-20/h5-9,12-14,18H,4,10-11H2,1-3H3. The fourth-order valence-corrected chi connectivity index (χ4v) is 2.09. The Balaban J connectivity index is 1.89. The highest BCUT2D eigenvalue weighted by Crippen LogP contribution is 2.15. The van der Waals surface area contributed by atoms with Gasteiger partial charge in [-0.1, -0.05) is 19.1 Å². The number of benzene rings is 1. The molecule has 20 heavy (non-hydrogen) atoms. The lowest BCUT2D eigenvalue weighted by Crippen LogP contribution is -2.30. The first kappa shape index (κ1) is 14.8. The Kier molecular flexibility index (Phi) is 5.32. The molecular weight excluding hydrogens is 248 g/mol. The molecule has 108 valence electrons. The molecule has 4 heteroatoms. The second kappa shape index (κ2) is 7.22. The Labute approximate surface area is 121 Å². The molecule has 0 spiro atoms. The lowest BCUT2D eigenvalue weighted by molar-refractivity contribution is 0.342. The second-order valence-electron chi connectivity index (χ2n) is 5.13. The molecule has 1 unspecified atom stereocenters. The highest BCUT2D eigenvalue weighted by molar-refractivity contribution is 5.35. The van der Waals surface area contributed by atoms with Gasteiger partial charge >= 0.3 is 0 Å². The van der Waals surface area contributed by atoms with Crippen molar-refractivity contribution in [2.24, 2.45) is 0 Å². The minimum absolute atomic E-state index is 0.372. The summed E-state index contributed by atoms with van der Waals surface area (Å²) in [5.41, 5.74) is 2.46. The summed E-state index contributed by atoms with van der Waals surface area (Å²) in [6.45, 7) is 7.56. The van der Waals surface area contributed by atoms with E-state index in [1.165, 1.54) is 5.56 Å². The predicted octanol–water partition coefficient (Wildman–Crippen LogP) is 2.47. The molecule has 1 atom stereocenters. The van der Waals surface area contributed by atoms with E-state index >= 15 is 0 Å². The van der Waals surface area contributed by atoms with E-state index < -0.39 is 0 Å². The van der Waals surface area contributed by atoms with Gasteiger partial charge in [0, 0.05) is 37.2 Å². The number of hydrogen-bond acceptors (Lipinski definition) is 3. The van der Waals surface area contributed by atoms with Crippen molar-refractivity contribution in [3.8, 4) is 5.69 Å². The molecule has 0 radical (unpaired) electrons. The molecule has 0 aliphatic rings. The van der Waals surface area contributed by atoms with Crippen LogP contribution in [0.1, 0.15) is 25.5 Å². The SMILES string of the molecule is CCN(C)CCNC(C)c1ccc(-n2ccnc2)cc1. The van der Waals surface area contributed by atoms with Gasteiger partial charge in [-0.05, 0) is 38.2 Å². The fraction of sp³-hybridized carbons (Fsp3) is 0.438. The van der Waals surface area contributed by atoms with Gasteiger partial charge in [-0.2, -0.15) is 0 Å². The van der Waals surface area contributed by atoms with E-state index in [0.717, 1.165) is 25.3 Å². The molecule has 0 aliphatic carbocycles. The van der Waals surface area contributed by atoms with Gasteiger partial charge < -0.3 is 14.8 Å². The summed E-state index contributed by atoms with van der Waals surface area (Å²) in [6, 6.07) is 8.99. The van der Waals surface area contributed by atoms with E-state index in [1.54, 1.807) is 6.20 Å². The van der Waals surface area contributed by atoms with Gasteiger partial charge in [0.2, 0.25) is 0 Å². The van der Waals surface area contributed by atoms with Crippen LogP contribution in [0.5, 0.6) is 0 Å². The van der Waals surface area contributed by atoms with Crippen LogP contribution in [-0.4, -0.2) is 41.1 Å². The molecule has 1 N–H and O–H groups in total. The molecule has 1 aromatic carbocycles. The highest BCUT2D eigenvalue weighted by atomic mass is 15.1. The van der Waals surface area contributed by atoms with Crippen LogP contribution >= 0.6 is 0 Å². The van der Waals surface area contributed by atoms with Crippen molar-refractivity contribution >= 4 is 0 Å². The fourth-order valence-electron chi connectivity index (χ4n) is 2.09. The van der Waals surface area contributed by atoms with Crippen LogP contribution < -0.4 is 5.32 Å². The van der Waals surface area contributed by atoms with Crippen molar-refractivity contribution in [3.63, 3.8) is 0 Å². The van der Waals surface area contributed by atoms with Crippen LogP contribution in [-0.2, 0) is 0 Å².